The standard InChI is InChI=1S/C15H23N5OS/c16-15(20-6-10-22-11-7-20)17-12-13-2-1-3-14(18-13)19-4-8-21-9-5-19/h1-3H,4-12H2,(H2,16,17). The third-order valence-corrected chi connectivity index (χ3v) is 4.81. The lowest BCUT2D eigenvalue weighted by atomic mass is 10.3. The summed E-state index contributed by atoms with van der Waals surface area (Å²) in [5, 5.41) is 0. The number of aliphatic imine (C=N–C) groups is 1. The zero-order valence-electron chi connectivity index (χ0n) is 12.8. The van der Waals surface area contributed by atoms with Crippen molar-refractivity contribution in [1.29, 1.82) is 0 Å². The van der Waals surface area contributed by atoms with Gasteiger partial charge in [0.15, 0.2) is 5.96 Å². The van der Waals surface area contributed by atoms with Gasteiger partial charge in [0.05, 0.1) is 25.5 Å². The molecule has 0 spiro atoms. The van der Waals surface area contributed by atoms with Crippen LogP contribution in [0.3, 0.4) is 0 Å². The van der Waals surface area contributed by atoms with E-state index in [-0.39, 0.29) is 0 Å². The van der Waals surface area contributed by atoms with Crippen LogP contribution in [0, 0.1) is 0 Å². The van der Waals surface area contributed by atoms with Gasteiger partial charge in [0.25, 0.3) is 0 Å². The highest BCUT2D eigenvalue weighted by molar-refractivity contribution is 7.99. The summed E-state index contributed by atoms with van der Waals surface area (Å²) in [7, 11) is 0. The topological polar surface area (TPSA) is 67.0 Å². The van der Waals surface area contributed by atoms with E-state index >= 15 is 0 Å². The van der Waals surface area contributed by atoms with Crippen LogP contribution < -0.4 is 10.6 Å². The van der Waals surface area contributed by atoms with Crippen molar-refractivity contribution < 1.29 is 4.74 Å². The highest BCUT2D eigenvalue weighted by Gasteiger charge is 2.14. The molecule has 1 aromatic rings. The fraction of sp³-hybridized carbons (Fsp3) is 0.600. The van der Waals surface area contributed by atoms with Crippen molar-refractivity contribution in [3.8, 4) is 0 Å². The molecule has 2 fully saturated rings. The number of morpholine rings is 1. The van der Waals surface area contributed by atoms with Gasteiger partial charge in [-0.25, -0.2) is 9.98 Å². The normalized spacial score (nSPS) is 20.3. The first-order valence-corrected chi connectivity index (χ1v) is 8.89. The molecule has 2 saturated heterocycles. The van der Waals surface area contributed by atoms with E-state index in [1.807, 2.05) is 30.0 Å². The maximum atomic E-state index is 6.09. The first kappa shape index (κ1) is 15.4. The average molecular weight is 321 g/mol. The Morgan fingerprint density at radius 1 is 1.23 bits per heavy atom. The summed E-state index contributed by atoms with van der Waals surface area (Å²) in [4.78, 5) is 13.6. The van der Waals surface area contributed by atoms with Crippen LogP contribution in [0.25, 0.3) is 0 Å². The van der Waals surface area contributed by atoms with E-state index in [0.717, 1.165) is 62.4 Å². The molecule has 2 aliphatic heterocycles. The first-order chi connectivity index (χ1) is 10.8. The van der Waals surface area contributed by atoms with E-state index < -0.39 is 0 Å². The number of rotatable bonds is 3. The van der Waals surface area contributed by atoms with Crippen LogP contribution >= 0.6 is 11.8 Å². The number of aromatic nitrogens is 1. The monoisotopic (exact) mass is 321 g/mol. The number of pyridine rings is 1. The molecule has 2 N–H and O–H groups in total. The molecule has 1 aromatic heterocycles. The third kappa shape index (κ3) is 4.04. The molecule has 3 rings (SSSR count). The van der Waals surface area contributed by atoms with Gasteiger partial charge in [-0.05, 0) is 12.1 Å². The second kappa shape index (κ2) is 7.69. The summed E-state index contributed by atoms with van der Waals surface area (Å²) in [6.07, 6.45) is 0. The van der Waals surface area contributed by atoms with Crippen molar-refractivity contribution >= 4 is 23.5 Å². The fourth-order valence-electron chi connectivity index (χ4n) is 2.58. The Morgan fingerprint density at radius 2 is 2.00 bits per heavy atom. The molecule has 0 atom stereocenters. The largest absolute Gasteiger partial charge is 0.378 e. The molecule has 0 aromatic carbocycles. The fourth-order valence-corrected chi connectivity index (χ4v) is 3.48. The minimum absolute atomic E-state index is 0.535. The molecule has 120 valence electrons. The van der Waals surface area contributed by atoms with Crippen LogP contribution in [0.15, 0.2) is 23.2 Å². The van der Waals surface area contributed by atoms with Gasteiger partial charge < -0.3 is 20.3 Å². The van der Waals surface area contributed by atoms with Crippen molar-refractivity contribution in [3.63, 3.8) is 0 Å². The van der Waals surface area contributed by atoms with Crippen LogP contribution in [0.1, 0.15) is 5.69 Å². The van der Waals surface area contributed by atoms with Crippen molar-refractivity contribution in [1.82, 2.24) is 9.88 Å². The highest BCUT2D eigenvalue weighted by atomic mass is 32.2. The van der Waals surface area contributed by atoms with Gasteiger partial charge in [-0.2, -0.15) is 11.8 Å². The van der Waals surface area contributed by atoms with Crippen molar-refractivity contribution in [3.05, 3.63) is 23.9 Å². The maximum Gasteiger partial charge on any atom is 0.191 e. The Bertz CT molecular complexity index is 512. The highest BCUT2D eigenvalue weighted by Crippen LogP contribution is 2.14. The number of anilines is 1. The second-order valence-electron chi connectivity index (χ2n) is 5.36. The zero-order valence-corrected chi connectivity index (χ0v) is 13.6. The quantitative estimate of drug-likeness (QED) is 0.655. The van der Waals surface area contributed by atoms with E-state index in [2.05, 4.69) is 14.8 Å². The van der Waals surface area contributed by atoms with Crippen LogP contribution in [-0.2, 0) is 11.3 Å². The van der Waals surface area contributed by atoms with Gasteiger partial charge in [0.1, 0.15) is 5.82 Å². The Hall–Kier alpha value is -1.47. The first-order valence-electron chi connectivity index (χ1n) is 7.74. The summed E-state index contributed by atoms with van der Waals surface area (Å²) in [5.41, 5.74) is 7.05. The molecule has 0 saturated carbocycles. The Kier molecular flexibility index (Phi) is 5.39. The molecule has 0 bridgehead atoms. The number of nitrogens with zero attached hydrogens (tertiary/aromatic N) is 4. The summed E-state index contributed by atoms with van der Waals surface area (Å²) in [6.45, 7) is 5.84. The van der Waals surface area contributed by atoms with E-state index in [1.54, 1.807) is 0 Å². The molecule has 0 radical (unpaired) electrons. The van der Waals surface area contributed by atoms with Gasteiger partial charge in [-0.15, -0.1) is 0 Å². The number of guanidine groups is 1. The summed E-state index contributed by atoms with van der Waals surface area (Å²) in [5.74, 6) is 3.89. The SMILES string of the molecule is NC(=NCc1cccc(N2CCOCC2)n1)N1CCSCC1. The lowest BCUT2D eigenvalue weighted by Gasteiger charge is -2.28. The predicted molar refractivity (Wildman–Crippen MR) is 91.5 cm³/mol. The second-order valence-corrected chi connectivity index (χ2v) is 6.59. The van der Waals surface area contributed by atoms with Crippen LogP contribution in [0.2, 0.25) is 0 Å². The van der Waals surface area contributed by atoms with Crippen molar-refractivity contribution in [2.24, 2.45) is 10.7 Å². The number of nitrogens with two attached hydrogens (primary N) is 1. The van der Waals surface area contributed by atoms with E-state index in [1.165, 1.54) is 0 Å². The molecule has 7 heteroatoms. The molecule has 2 aliphatic rings. The van der Waals surface area contributed by atoms with Crippen LogP contribution in [-0.4, -0.2) is 66.7 Å². The predicted octanol–water partition coefficient (Wildman–Crippen LogP) is 0.782. The third-order valence-electron chi connectivity index (χ3n) is 3.87. The Labute approximate surface area is 135 Å². The Balaban J connectivity index is 1.62. The van der Waals surface area contributed by atoms with Gasteiger partial charge >= 0.3 is 0 Å². The molecular weight excluding hydrogens is 298 g/mol. The maximum absolute atomic E-state index is 6.09. The molecule has 0 aliphatic carbocycles. The summed E-state index contributed by atoms with van der Waals surface area (Å²) < 4.78 is 5.38. The summed E-state index contributed by atoms with van der Waals surface area (Å²) >= 11 is 1.97. The van der Waals surface area contributed by atoms with E-state index in [4.69, 9.17) is 15.5 Å². The number of hydrogen-bond acceptors (Lipinski definition) is 5. The minimum atomic E-state index is 0.535. The van der Waals surface area contributed by atoms with E-state index in [0.29, 0.717) is 12.5 Å². The Morgan fingerprint density at radius 3 is 2.77 bits per heavy atom. The number of ether oxygens (including phenoxy) is 1. The van der Waals surface area contributed by atoms with Crippen molar-refractivity contribution in [2.75, 3.05) is 55.8 Å². The van der Waals surface area contributed by atoms with Gasteiger partial charge in [-0.1, -0.05) is 6.07 Å². The zero-order chi connectivity index (χ0) is 15.2. The van der Waals surface area contributed by atoms with Crippen molar-refractivity contribution in [2.45, 2.75) is 6.54 Å². The molecule has 6 nitrogen and oxygen atoms in total. The number of thioether (sulfide) groups is 1. The molecule has 3 heterocycles. The molecule has 22 heavy (non-hydrogen) atoms. The average Bonchev–Trinajstić information content (AvgIpc) is 2.61. The van der Waals surface area contributed by atoms with Crippen LogP contribution in [0.4, 0.5) is 5.82 Å². The van der Waals surface area contributed by atoms with Gasteiger partial charge in [0, 0.05) is 37.7 Å². The lowest BCUT2D eigenvalue weighted by molar-refractivity contribution is 0.122. The van der Waals surface area contributed by atoms with E-state index in [9.17, 15) is 0 Å². The molecule has 0 unspecified atom stereocenters. The molecular formula is C15H23N5OS. The smallest absolute Gasteiger partial charge is 0.191 e. The minimum Gasteiger partial charge on any atom is -0.378 e. The van der Waals surface area contributed by atoms with Gasteiger partial charge in [0.2, 0.25) is 0 Å². The summed E-state index contributed by atoms with van der Waals surface area (Å²) in [6, 6.07) is 6.09. The van der Waals surface area contributed by atoms with Gasteiger partial charge in [-0.3, -0.25) is 0 Å². The number of hydrogen-bond donors (Lipinski definition) is 1. The lowest BCUT2D eigenvalue weighted by Crippen LogP contribution is -2.42. The molecule has 0 amide bonds. The van der Waals surface area contributed by atoms with Crippen LogP contribution in [0.5, 0.6) is 0 Å².